The van der Waals surface area contributed by atoms with Crippen molar-refractivity contribution in [2.75, 3.05) is 6.54 Å². The number of carbonyl (C=O) groups is 5. The van der Waals surface area contributed by atoms with Crippen LogP contribution in [-0.4, -0.2) is 81.7 Å². The van der Waals surface area contributed by atoms with Crippen molar-refractivity contribution in [2.45, 2.75) is 63.2 Å². The van der Waals surface area contributed by atoms with Crippen LogP contribution >= 0.6 is 0 Å². The number of guanidine groups is 1. The molecule has 0 spiro atoms. The number of phenols is 1. The number of nitrogens with two attached hydrogens (primary N) is 3. The third kappa shape index (κ3) is 12.0. The van der Waals surface area contributed by atoms with Crippen LogP contribution in [0, 0.1) is 0 Å². The molecule has 0 saturated carbocycles. The number of nitrogens with one attached hydrogen (secondary N) is 3. The first kappa shape index (κ1) is 31.6. The Labute approximate surface area is 218 Å². The van der Waals surface area contributed by atoms with Gasteiger partial charge in [0, 0.05) is 19.4 Å². The van der Waals surface area contributed by atoms with Crippen LogP contribution in [-0.2, 0) is 30.4 Å². The number of carboxylic acid groups (broad SMARTS) is 2. The minimum atomic E-state index is -1.37. The molecule has 0 saturated heterocycles. The van der Waals surface area contributed by atoms with Gasteiger partial charge in [-0.15, -0.1) is 0 Å². The van der Waals surface area contributed by atoms with Crippen LogP contribution in [0.3, 0.4) is 0 Å². The predicted molar refractivity (Wildman–Crippen MR) is 136 cm³/mol. The monoisotopic (exact) mass is 537 g/mol. The maximum Gasteiger partial charge on any atom is 0.326 e. The van der Waals surface area contributed by atoms with Crippen molar-refractivity contribution in [3.8, 4) is 5.75 Å². The molecule has 0 fully saturated rings. The molecule has 0 aliphatic rings. The number of rotatable bonds is 16. The summed E-state index contributed by atoms with van der Waals surface area (Å²) in [6.45, 7) is 1.49. The smallest absolute Gasteiger partial charge is 0.326 e. The van der Waals surface area contributed by atoms with E-state index in [4.69, 9.17) is 22.3 Å². The van der Waals surface area contributed by atoms with Crippen molar-refractivity contribution in [1.29, 1.82) is 0 Å². The molecular formula is C23H35N7O8. The van der Waals surface area contributed by atoms with Crippen LogP contribution in [0.4, 0.5) is 0 Å². The van der Waals surface area contributed by atoms with Gasteiger partial charge in [0.25, 0.3) is 0 Å². The summed E-state index contributed by atoms with van der Waals surface area (Å²) in [4.78, 5) is 64.7. The van der Waals surface area contributed by atoms with Crippen LogP contribution in [0.1, 0.15) is 38.2 Å². The Morgan fingerprint density at radius 1 is 0.868 bits per heavy atom. The second-order valence-corrected chi connectivity index (χ2v) is 8.56. The van der Waals surface area contributed by atoms with Gasteiger partial charge in [-0.05, 0) is 43.9 Å². The highest BCUT2D eigenvalue weighted by molar-refractivity contribution is 5.94. The lowest BCUT2D eigenvalue weighted by Gasteiger charge is -2.25. The Morgan fingerprint density at radius 3 is 1.89 bits per heavy atom. The number of hydrogen-bond acceptors (Lipinski definition) is 8. The Kier molecular flexibility index (Phi) is 13.0. The molecule has 1 aromatic rings. The van der Waals surface area contributed by atoms with Crippen LogP contribution in [0.5, 0.6) is 5.75 Å². The summed E-state index contributed by atoms with van der Waals surface area (Å²) in [5.74, 6) is -5.12. The van der Waals surface area contributed by atoms with Gasteiger partial charge in [0.2, 0.25) is 17.7 Å². The Hall–Kier alpha value is -4.40. The molecule has 4 atom stereocenters. The topological polar surface area (TPSA) is 273 Å². The number of carbonyl (C=O) groups excluding carboxylic acids is 3. The third-order valence-corrected chi connectivity index (χ3v) is 5.26. The largest absolute Gasteiger partial charge is 0.508 e. The lowest BCUT2D eigenvalue weighted by Crippen LogP contribution is -2.57. The Bertz CT molecular complexity index is 1010. The Balaban J connectivity index is 3.08. The maximum absolute atomic E-state index is 13.1. The Morgan fingerprint density at radius 2 is 1.39 bits per heavy atom. The van der Waals surface area contributed by atoms with Gasteiger partial charge >= 0.3 is 11.9 Å². The fraction of sp³-hybridized carbons (Fsp3) is 0.478. The number of hydrogen-bond donors (Lipinski definition) is 9. The molecule has 15 heteroatoms. The summed E-state index contributed by atoms with van der Waals surface area (Å²) < 4.78 is 0. The van der Waals surface area contributed by atoms with E-state index in [-0.39, 0.29) is 43.9 Å². The van der Waals surface area contributed by atoms with E-state index in [0.29, 0.717) is 5.56 Å². The van der Waals surface area contributed by atoms with Crippen LogP contribution < -0.4 is 33.2 Å². The molecule has 0 radical (unpaired) electrons. The number of nitrogens with zero attached hydrogens (tertiary/aromatic N) is 1. The molecule has 0 aromatic heterocycles. The van der Waals surface area contributed by atoms with Gasteiger partial charge in [0.05, 0.1) is 6.04 Å². The minimum Gasteiger partial charge on any atom is -0.508 e. The SMILES string of the molecule is CC(N)C(=O)NC(CCC(=O)O)C(=O)NC(CCCN=C(N)N)C(=O)NC(Cc1ccc(O)cc1)C(=O)O. The quantitative estimate of drug-likeness (QED) is 0.0616. The zero-order chi connectivity index (χ0) is 28.8. The van der Waals surface area contributed by atoms with Gasteiger partial charge in [-0.1, -0.05) is 12.1 Å². The summed E-state index contributed by atoms with van der Waals surface area (Å²) in [6.07, 6.45) is -0.626. The van der Waals surface area contributed by atoms with E-state index in [1.165, 1.54) is 31.2 Å². The summed E-state index contributed by atoms with van der Waals surface area (Å²) in [6, 6.07) is 0.810. The summed E-state index contributed by atoms with van der Waals surface area (Å²) >= 11 is 0. The first-order chi connectivity index (χ1) is 17.8. The summed E-state index contributed by atoms with van der Waals surface area (Å²) in [5.41, 5.74) is 16.6. The van der Waals surface area contributed by atoms with Crippen molar-refractivity contribution in [3.63, 3.8) is 0 Å². The van der Waals surface area contributed by atoms with E-state index in [0.717, 1.165) is 0 Å². The van der Waals surface area contributed by atoms with Crippen molar-refractivity contribution in [2.24, 2.45) is 22.2 Å². The zero-order valence-electron chi connectivity index (χ0n) is 20.9. The second kappa shape index (κ2) is 15.7. The fourth-order valence-electron chi connectivity index (χ4n) is 3.22. The van der Waals surface area contributed by atoms with E-state index in [1.807, 2.05) is 0 Å². The first-order valence-electron chi connectivity index (χ1n) is 11.7. The van der Waals surface area contributed by atoms with Gasteiger partial charge in [-0.2, -0.15) is 0 Å². The number of carboxylic acids is 2. The van der Waals surface area contributed by atoms with Crippen molar-refractivity contribution in [1.82, 2.24) is 16.0 Å². The van der Waals surface area contributed by atoms with Crippen LogP contribution in [0.15, 0.2) is 29.3 Å². The van der Waals surface area contributed by atoms with Gasteiger partial charge in [0.15, 0.2) is 5.96 Å². The second-order valence-electron chi connectivity index (χ2n) is 8.56. The molecule has 3 amide bonds. The zero-order valence-corrected chi connectivity index (χ0v) is 20.9. The number of aliphatic carboxylic acids is 2. The van der Waals surface area contributed by atoms with Crippen molar-refractivity contribution < 1.29 is 39.3 Å². The third-order valence-electron chi connectivity index (χ3n) is 5.26. The number of benzene rings is 1. The minimum absolute atomic E-state index is 0.00715. The molecule has 0 bridgehead atoms. The molecule has 12 N–H and O–H groups in total. The van der Waals surface area contributed by atoms with Crippen LogP contribution in [0.2, 0.25) is 0 Å². The van der Waals surface area contributed by atoms with E-state index in [2.05, 4.69) is 20.9 Å². The average Bonchev–Trinajstić information content (AvgIpc) is 2.83. The van der Waals surface area contributed by atoms with Gasteiger partial charge in [-0.25, -0.2) is 4.79 Å². The predicted octanol–water partition coefficient (Wildman–Crippen LogP) is -2.26. The van der Waals surface area contributed by atoms with Gasteiger partial charge in [-0.3, -0.25) is 24.2 Å². The molecule has 0 heterocycles. The highest BCUT2D eigenvalue weighted by Gasteiger charge is 2.30. The normalized spacial score (nSPS) is 13.7. The van der Waals surface area contributed by atoms with Crippen molar-refractivity contribution >= 4 is 35.6 Å². The lowest BCUT2D eigenvalue weighted by atomic mass is 10.0. The highest BCUT2D eigenvalue weighted by atomic mass is 16.4. The first-order valence-corrected chi connectivity index (χ1v) is 11.7. The average molecular weight is 538 g/mol. The summed E-state index contributed by atoms with van der Waals surface area (Å²) in [7, 11) is 0. The molecular weight excluding hydrogens is 502 g/mol. The van der Waals surface area contributed by atoms with E-state index in [1.54, 1.807) is 0 Å². The molecule has 1 aromatic carbocycles. The standard InChI is InChI=1S/C23H35N7O8/c1-12(24)19(34)28-16(8-9-18(32)33)21(36)29-15(3-2-10-27-23(25)26)20(35)30-17(22(37)38)11-13-4-6-14(31)7-5-13/h4-7,12,15-17,31H,2-3,8-11,24H2,1H3,(H,28,34)(H,29,36)(H,30,35)(H,32,33)(H,37,38)(H4,25,26,27). The van der Waals surface area contributed by atoms with Crippen LogP contribution in [0.25, 0.3) is 0 Å². The lowest BCUT2D eigenvalue weighted by molar-refractivity contribution is -0.142. The molecule has 38 heavy (non-hydrogen) atoms. The molecule has 15 nitrogen and oxygen atoms in total. The van der Waals surface area contributed by atoms with Gasteiger partial charge < -0.3 is 48.5 Å². The molecule has 210 valence electrons. The maximum atomic E-state index is 13.1. The molecule has 1 rings (SSSR count). The van der Waals surface area contributed by atoms with E-state index in [9.17, 15) is 34.2 Å². The molecule has 0 aliphatic heterocycles. The van der Waals surface area contributed by atoms with Crippen molar-refractivity contribution in [3.05, 3.63) is 29.8 Å². The highest BCUT2D eigenvalue weighted by Crippen LogP contribution is 2.12. The fourth-order valence-corrected chi connectivity index (χ4v) is 3.22. The van der Waals surface area contributed by atoms with E-state index >= 15 is 0 Å². The number of phenolic OH excluding ortho intramolecular Hbond substituents is 1. The molecule has 0 aliphatic carbocycles. The summed E-state index contributed by atoms with van der Waals surface area (Å²) in [5, 5.41) is 35.2. The van der Waals surface area contributed by atoms with E-state index < -0.39 is 60.2 Å². The number of aromatic hydroxyl groups is 1. The van der Waals surface area contributed by atoms with Gasteiger partial charge in [0.1, 0.15) is 23.9 Å². The number of amides is 3. The number of aliphatic imine (C=N–C) groups is 1. The molecule has 4 unspecified atom stereocenters.